The highest BCUT2D eigenvalue weighted by Gasteiger charge is 2.08. The maximum atomic E-state index is 13.8. The van der Waals surface area contributed by atoms with E-state index in [1.165, 1.54) is 12.3 Å². The first-order chi connectivity index (χ1) is 15.7. The quantitative estimate of drug-likeness (QED) is 0.236. The fraction of sp³-hybridized carbons (Fsp3) is 0.0909. The highest BCUT2D eigenvalue weighted by atomic mass is 35.5. The largest absolute Gasteiger partial charge is 0.497 e. The molecule has 0 unspecified atom stereocenters. The van der Waals surface area contributed by atoms with E-state index in [1.807, 2.05) is 30.3 Å². The second-order valence-corrected chi connectivity index (χ2v) is 6.48. The van der Waals surface area contributed by atoms with E-state index in [0.29, 0.717) is 18.1 Å². The summed E-state index contributed by atoms with van der Waals surface area (Å²) in [6.07, 6.45) is 2.94. The number of nitrogens with zero attached hydrogens (tertiary/aromatic N) is 4. The summed E-state index contributed by atoms with van der Waals surface area (Å²) >= 11 is 0. The summed E-state index contributed by atoms with van der Waals surface area (Å²) in [4.78, 5) is 13.0. The fourth-order valence-electron chi connectivity index (χ4n) is 2.68. The Morgan fingerprint density at radius 1 is 0.970 bits per heavy atom. The van der Waals surface area contributed by atoms with Crippen LogP contribution in [-0.2, 0) is 6.54 Å². The Hall–Kier alpha value is -4.18. The molecule has 33 heavy (non-hydrogen) atoms. The van der Waals surface area contributed by atoms with Crippen LogP contribution in [-0.4, -0.2) is 28.3 Å². The van der Waals surface area contributed by atoms with Gasteiger partial charge < -0.3 is 19.8 Å². The van der Waals surface area contributed by atoms with Crippen LogP contribution in [0.2, 0.25) is 0 Å². The number of hydrazone groups is 1. The van der Waals surface area contributed by atoms with Gasteiger partial charge in [-0.15, -0.1) is 12.4 Å². The van der Waals surface area contributed by atoms with Crippen LogP contribution in [0.3, 0.4) is 0 Å². The zero-order chi connectivity index (χ0) is 22.2. The molecular weight excluding hydrogens is 449 g/mol. The predicted molar refractivity (Wildman–Crippen MR) is 127 cm³/mol. The summed E-state index contributed by atoms with van der Waals surface area (Å²) in [5.41, 5.74) is 3.81. The molecule has 2 aromatic carbocycles. The number of benzene rings is 2. The van der Waals surface area contributed by atoms with Gasteiger partial charge in [-0.25, -0.2) is 9.82 Å². The molecule has 4 rings (SSSR count). The molecule has 2 heterocycles. The molecule has 0 aliphatic heterocycles. The fourth-order valence-corrected chi connectivity index (χ4v) is 2.68. The van der Waals surface area contributed by atoms with Gasteiger partial charge in [-0.1, -0.05) is 18.2 Å². The molecule has 2 aromatic heterocycles. The lowest BCUT2D eigenvalue weighted by Crippen LogP contribution is -2.09. The third-order valence-corrected chi connectivity index (χ3v) is 4.26. The Bertz CT molecular complexity index is 1190. The standard InChI is InChI=1S/C22H20FN7O2.ClH/c1-31-17-10-8-16(9-11-17)26-21-27-20(24-14-18-6-4-12-32-18)28-22(29-21)30-25-13-15-5-2-3-7-19(15)23;/h2-13H,14H2,1H3,(H3,24,26,27,28,29,30);1H. The number of methoxy groups -OCH3 is 1. The van der Waals surface area contributed by atoms with Crippen LogP contribution >= 0.6 is 12.4 Å². The minimum absolute atomic E-state index is 0. The molecular formula is C22H21ClFN7O2. The van der Waals surface area contributed by atoms with Gasteiger partial charge in [-0.05, 0) is 42.5 Å². The number of ether oxygens (including phenoxy) is 1. The number of rotatable bonds is 9. The minimum atomic E-state index is -0.378. The van der Waals surface area contributed by atoms with Gasteiger partial charge in [-0.2, -0.15) is 20.1 Å². The first-order valence-electron chi connectivity index (χ1n) is 9.66. The van der Waals surface area contributed by atoms with Gasteiger partial charge in [0.1, 0.15) is 17.3 Å². The molecule has 0 radical (unpaired) electrons. The van der Waals surface area contributed by atoms with E-state index in [2.05, 4.69) is 36.1 Å². The van der Waals surface area contributed by atoms with E-state index >= 15 is 0 Å². The van der Waals surface area contributed by atoms with Crippen molar-refractivity contribution in [2.75, 3.05) is 23.2 Å². The van der Waals surface area contributed by atoms with Crippen molar-refractivity contribution in [2.45, 2.75) is 6.54 Å². The van der Waals surface area contributed by atoms with E-state index in [1.54, 1.807) is 37.6 Å². The highest BCUT2D eigenvalue weighted by Crippen LogP contribution is 2.19. The smallest absolute Gasteiger partial charge is 0.250 e. The molecule has 11 heteroatoms. The average molecular weight is 470 g/mol. The third kappa shape index (κ3) is 6.65. The molecule has 0 fully saturated rings. The monoisotopic (exact) mass is 469 g/mol. The molecule has 9 nitrogen and oxygen atoms in total. The highest BCUT2D eigenvalue weighted by molar-refractivity contribution is 5.85. The number of halogens is 2. The van der Waals surface area contributed by atoms with Gasteiger partial charge in [0.15, 0.2) is 0 Å². The maximum Gasteiger partial charge on any atom is 0.250 e. The van der Waals surface area contributed by atoms with Gasteiger partial charge in [0, 0.05) is 11.3 Å². The first-order valence-corrected chi connectivity index (χ1v) is 9.66. The summed E-state index contributed by atoms with van der Waals surface area (Å²) in [6, 6.07) is 17.2. The van der Waals surface area contributed by atoms with E-state index < -0.39 is 0 Å². The summed E-state index contributed by atoms with van der Waals surface area (Å²) in [5.74, 6) is 1.84. The number of anilines is 4. The third-order valence-electron chi connectivity index (χ3n) is 4.26. The van der Waals surface area contributed by atoms with Crippen molar-refractivity contribution in [1.82, 2.24) is 15.0 Å². The van der Waals surface area contributed by atoms with Crippen molar-refractivity contribution in [3.05, 3.63) is 84.1 Å². The van der Waals surface area contributed by atoms with Crippen LogP contribution < -0.4 is 20.8 Å². The second kappa shape index (κ2) is 11.4. The van der Waals surface area contributed by atoms with E-state index in [-0.39, 0.29) is 30.1 Å². The lowest BCUT2D eigenvalue weighted by molar-refractivity contribution is 0.415. The van der Waals surface area contributed by atoms with Gasteiger partial charge in [0.2, 0.25) is 17.8 Å². The van der Waals surface area contributed by atoms with Crippen molar-refractivity contribution in [2.24, 2.45) is 5.10 Å². The second-order valence-electron chi connectivity index (χ2n) is 6.48. The van der Waals surface area contributed by atoms with Crippen molar-refractivity contribution >= 4 is 42.2 Å². The van der Waals surface area contributed by atoms with Gasteiger partial charge in [0.05, 0.1) is 26.1 Å². The topological polar surface area (TPSA) is 109 Å². The van der Waals surface area contributed by atoms with Crippen LogP contribution in [0.15, 0.2) is 76.4 Å². The summed E-state index contributed by atoms with van der Waals surface area (Å²) in [6.45, 7) is 0.386. The predicted octanol–water partition coefficient (Wildman–Crippen LogP) is 4.84. The lowest BCUT2D eigenvalue weighted by atomic mass is 10.2. The van der Waals surface area contributed by atoms with Gasteiger partial charge in [-0.3, -0.25) is 0 Å². The SMILES string of the molecule is COc1ccc(Nc2nc(NCc3ccco3)nc(NN=Cc3ccccc3F)n2)cc1.Cl. The molecule has 0 aliphatic carbocycles. The Morgan fingerprint density at radius 3 is 2.45 bits per heavy atom. The van der Waals surface area contributed by atoms with Gasteiger partial charge >= 0.3 is 0 Å². The number of aromatic nitrogens is 3. The Balaban J connectivity index is 0.00000306. The molecule has 4 aromatic rings. The summed E-state index contributed by atoms with van der Waals surface area (Å²) in [7, 11) is 1.60. The average Bonchev–Trinajstić information content (AvgIpc) is 3.33. The van der Waals surface area contributed by atoms with Crippen LogP contribution in [0.5, 0.6) is 5.75 Å². The lowest BCUT2D eigenvalue weighted by Gasteiger charge is -2.10. The van der Waals surface area contributed by atoms with Crippen LogP contribution in [0, 0.1) is 5.82 Å². The molecule has 0 saturated carbocycles. The van der Waals surface area contributed by atoms with Crippen LogP contribution in [0.4, 0.5) is 27.9 Å². The van der Waals surface area contributed by atoms with Crippen molar-refractivity contribution in [1.29, 1.82) is 0 Å². The van der Waals surface area contributed by atoms with Gasteiger partial charge in [0.25, 0.3) is 0 Å². The molecule has 0 atom stereocenters. The van der Waals surface area contributed by atoms with Crippen molar-refractivity contribution in [3.63, 3.8) is 0 Å². The van der Waals surface area contributed by atoms with E-state index in [0.717, 1.165) is 17.2 Å². The van der Waals surface area contributed by atoms with E-state index in [4.69, 9.17) is 9.15 Å². The number of hydrogen-bond acceptors (Lipinski definition) is 9. The van der Waals surface area contributed by atoms with Crippen molar-refractivity contribution in [3.8, 4) is 5.75 Å². The molecule has 0 spiro atoms. The van der Waals surface area contributed by atoms with E-state index in [9.17, 15) is 4.39 Å². The molecule has 0 saturated heterocycles. The Labute approximate surface area is 195 Å². The normalized spacial score (nSPS) is 10.5. The Kier molecular flexibility index (Phi) is 8.14. The molecule has 0 amide bonds. The van der Waals surface area contributed by atoms with Crippen LogP contribution in [0.1, 0.15) is 11.3 Å². The summed E-state index contributed by atoms with van der Waals surface area (Å²) < 4.78 is 24.3. The molecule has 0 bridgehead atoms. The van der Waals surface area contributed by atoms with Crippen LogP contribution in [0.25, 0.3) is 0 Å². The molecule has 170 valence electrons. The maximum absolute atomic E-state index is 13.8. The zero-order valence-corrected chi connectivity index (χ0v) is 18.3. The van der Waals surface area contributed by atoms with Crippen molar-refractivity contribution < 1.29 is 13.5 Å². The summed E-state index contributed by atoms with van der Waals surface area (Å²) in [5, 5.41) is 10.2. The first kappa shape index (κ1) is 23.5. The minimum Gasteiger partial charge on any atom is -0.497 e. The number of hydrogen-bond donors (Lipinski definition) is 3. The Morgan fingerprint density at radius 2 is 1.73 bits per heavy atom. The zero-order valence-electron chi connectivity index (χ0n) is 17.5. The number of nitrogens with one attached hydrogen (secondary N) is 3. The molecule has 3 N–H and O–H groups in total. The number of furan rings is 1. The molecule has 0 aliphatic rings.